The highest BCUT2D eigenvalue weighted by molar-refractivity contribution is 5.37. The van der Waals surface area contributed by atoms with Crippen LogP contribution in [0.25, 0.3) is 0 Å². The number of nitrogens with zero attached hydrogens (tertiary/aromatic N) is 6. The lowest BCUT2D eigenvalue weighted by Gasteiger charge is -2.10. The summed E-state index contributed by atoms with van der Waals surface area (Å²) in [5, 5.41) is 21.2. The Balaban J connectivity index is 2.45. The van der Waals surface area contributed by atoms with Gasteiger partial charge in [-0.25, -0.2) is 4.98 Å². The van der Waals surface area contributed by atoms with Crippen molar-refractivity contribution in [1.82, 2.24) is 19.3 Å². The van der Waals surface area contributed by atoms with E-state index in [0.29, 0.717) is 0 Å². The number of nitriles is 2. The van der Waals surface area contributed by atoms with E-state index in [4.69, 9.17) is 10.5 Å². The average Bonchev–Trinajstić information content (AvgIpc) is 2.92. The molecule has 6 nitrogen and oxygen atoms in total. The van der Waals surface area contributed by atoms with Crippen LogP contribution in [0.2, 0.25) is 0 Å². The molecule has 0 atom stereocenters. The molecule has 2 aromatic rings. The highest BCUT2D eigenvalue weighted by Crippen LogP contribution is 2.32. The van der Waals surface area contributed by atoms with Crippen LogP contribution in [0.15, 0.2) is 12.5 Å². The summed E-state index contributed by atoms with van der Waals surface area (Å²) in [6.07, 6.45) is -2.31. The topological polar surface area (TPSA) is 83.2 Å². The zero-order valence-corrected chi connectivity index (χ0v) is 10.2. The van der Waals surface area contributed by atoms with Gasteiger partial charge >= 0.3 is 6.18 Å². The molecule has 2 rings (SSSR count). The summed E-state index contributed by atoms with van der Waals surface area (Å²) in [7, 11) is 1.19. The van der Waals surface area contributed by atoms with Crippen molar-refractivity contribution in [2.45, 2.75) is 12.7 Å². The Hall–Kier alpha value is -2.81. The van der Waals surface area contributed by atoms with Crippen LogP contribution < -0.4 is 0 Å². The Bertz CT molecular complexity index is 725. The second-order valence-electron chi connectivity index (χ2n) is 3.93. The molecule has 0 aromatic carbocycles. The Labute approximate surface area is 111 Å². The standard InChI is InChI=1S/C11H7F3N6/c1-19-10(11(12,13)14)7(4-18-19)5-20-6-17-8(2-15)9(20)3-16/h4,6H,5H2,1H3. The zero-order chi connectivity index (χ0) is 14.9. The first kappa shape index (κ1) is 13.6. The van der Waals surface area contributed by atoms with Crippen molar-refractivity contribution in [2.75, 3.05) is 0 Å². The molecular formula is C11H7F3N6. The molecule has 20 heavy (non-hydrogen) atoms. The molecule has 0 aliphatic carbocycles. The van der Waals surface area contributed by atoms with Gasteiger partial charge in [-0.15, -0.1) is 0 Å². The second kappa shape index (κ2) is 4.70. The number of aromatic nitrogens is 4. The van der Waals surface area contributed by atoms with Crippen LogP contribution in [0.5, 0.6) is 0 Å². The van der Waals surface area contributed by atoms with Crippen LogP contribution in [0.4, 0.5) is 13.2 Å². The maximum absolute atomic E-state index is 12.9. The molecule has 2 aromatic heterocycles. The first-order valence-electron chi connectivity index (χ1n) is 5.32. The highest BCUT2D eigenvalue weighted by atomic mass is 19.4. The molecule has 0 N–H and O–H groups in total. The van der Waals surface area contributed by atoms with Crippen LogP contribution in [0.3, 0.4) is 0 Å². The summed E-state index contributed by atoms with van der Waals surface area (Å²) < 4.78 is 40.6. The van der Waals surface area contributed by atoms with Gasteiger partial charge in [-0.2, -0.15) is 28.8 Å². The first-order chi connectivity index (χ1) is 9.38. The second-order valence-corrected chi connectivity index (χ2v) is 3.93. The number of hydrogen-bond acceptors (Lipinski definition) is 4. The molecule has 2 heterocycles. The Morgan fingerprint density at radius 1 is 1.30 bits per heavy atom. The third-order valence-electron chi connectivity index (χ3n) is 2.67. The van der Waals surface area contributed by atoms with Gasteiger partial charge in [-0.3, -0.25) is 4.68 Å². The quantitative estimate of drug-likeness (QED) is 0.833. The van der Waals surface area contributed by atoms with E-state index in [2.05, 4.69) is 10.1 Å². The van der Waals surface area contributed by atoms with Gasteiger partial charge in [0.25, 0.3) is 0 Å². The van der Waals surface area contributed by atoms with Gasteiger partial charge in [0, 0.05) is 12.6 Å². The maximum Gasteiger partial charge on any atom is 0.433 e. The lowest BCUT2D eigenvalue weighted by Crippen LogP contribution is -2.15. The number of imidazole rings is 1. The van der Waals surface area contributed by atoms with Crippen molar-refractivity contribution >= 4 is 0 Å². The first-order valence-corrected chi connectivity index (χ1v) is 5.32. The van der Waals surface area contributed by atoms with E-state index in [1.807, 2.05) is 0 Å². The number of aryl methyl sites for hydroxylation is 1. The molecule has 0 aliphatic rings. The van der Waals surface area contributed by atoms with E-state index in [9.17, 15) is 13.2 Å². The van der Waals surface area contributed by atoms with E-state index in [1.54, 1.807) is 12.1 Å². The third-order valence-corrected chi connectivity index (χ3v) is 2.67. The summed E-state index contributed by atoms with van der Waals surface area (Å²) in [5.41, 5.74) is -1.19. The fraction of sp³-hybridized carbons (Fsp3) is 0.273. The molecule has 0 fully saturated rings. The van der Waals surface area contributed by atoms with Crippen LogP contribution in [0.1, 0.15) is 22.6 Å². The van der Waals surface area contributed by atoms with Gasteiger partial charge in [-0.1, -0.05) is 0 Å². The number of halogens is 3. The average molecular weight is 280 g/mol. The Morgan fingerprint density at radius 2 is 2.00 bits per heavy atom. The van der Waals surface area contributed by atoms with E-state index >= 15 is 0 Å². The fourth-order valence-corrected chi connectivity index (χ4v) is 1.85. The van der Waals surface area contributed by atoms with Gasteiger partial charge in [-0.05, 0) is 0 Å². The largest absolute Gasteiger partial charge is 0.433 e. The van der Waals surface area contributed by atoms with Crippen molar-refractivity contribution in [2.24, 2.45) is 7.05 Å². The number of alkyl halides is 3. The van der Waals surface area contributed by atoms with Gasteiger partial charge in [0.05, 0.1) is 19.1 Å². The zero-order valence-electron chi connectivity index (χ0n) is 10.2. The smallest absolute Gasteiger partial charge is 0.317 e. The van der Waals surface area contributed by atoms with Crippen molar-refractivity contribution in [3.05, 3.63) is 35.2 Å². The fourth-order valence-electron chi connectivity index (χ4n) is 1.85. The number of hydrogen-bond donors (Lipinski definition) is 0. The predicted molar refractivity (Wildman–Crippen MR) is 59.0 cm³/mol. The van der Waals surface area contributed by atoms with Gasteiger partial charge in [0.15, 0.2) is 11.4 Å². The third kappa shape index (κ3) is 2.21. The maximum atomic E-state index is 12.9. The molecule has 0 bridgehead atoms. The van der Waals surface area contributed by atoms with Gasteiger partial charge in [0.2, 0.25) is 0 Å². The van der Waals surface area contributed by atoms with Crippen LogP contribution >= 0.6 is 0 Å². The molecule has 0 saturated carbocycles. The molecule has 9 heteroatoms. The molecule has 0 spiro atoms. The summed E-state index contributed by atoms with van der Waals surface area (Å²) >= 11 is 0. The molecule has 0 unspecified atom stereocenters. The lowest BCUT2D eigenvalue weighted by molar-refractivity contribution is -0.144. The molecule has 0 radical (unpaired) electrons. The summed E-state index contributed by atoms with van der Waals surface area (Å²) in [6.45, 7) is -0.236. The van der Waals surface area contributed by atoms with E-state index in [-0.39, 0.29) is 23.5 Å². The normalized spacial score (nSPS) is 11.1. The number of rotatable bonds is 2. The van der Waals surface area contributed by atoms with E-state index < -0.39 is 11.9 Å². The molecule has 0 saturated heterocycles. The Kier molecular flexibility index (Phi) is 3.20. The van der Waals surface area contributed by atoms with E-state index in [1.165, 1.54) is 11.6 Å². The Morgan fingerprint density at radius 3 is 2.55 bits per heavy atom. The van der Waals surface area contributed by atoms with Crippen molar-refractivity contribution in [3.63, 3.8) is 0 Å². The van der Waals surface area contributed by atoms with Crippen molar-refractivity contribution in [1.29, 1.82) is 10.5 Å². The predicted octanol–water partition coefficient (Wildman–Crippen LogP) is 1.43. The SMILES string of the molecule is Cn1ncc(Cn2cnc(C#N)c2C#N)c1C(F)(F)F. The molecule has 102 valence electrons. The molecular weight excluding hydrogens is 273 g/mol. The molecule has 0 aliphatic heterocycles. The van der Waals surface area contributed by atoms with Crippen LogP contribution in [-0.4, -0.2) is 19.3 Å². The minimum atomic E-state index is -4.55. The van der Waals surface area contributed by atoms with Crippen LogP contribution in [-0.2, 0) is 19.8 Å². The van der Waals surface area contributed by atoms with Gasteiger partial charge < -0.3 is 4.57 Å². The van der Waals surface area contributed by atoms with Gasteiger partial charge in [0.1, 0.15) is 17.8 Å². The summed E-state index contributed by atoms with van der Waals surface area (Å²) in [6, 6.07) is 3.46. The van der Waals surface area contributed by atoms with E-state index in [0.717, 1.165) is 17.2 Å². The monoisotopic (exact) mass is 280 g/mol. The molecule has 0 amide bonds. The minimum absolute atomic E-state index is 0.0792. The van der Waals surface area contributed by atoms with Crippen molar-refractivity contribution in [3.8, 4) is 12.1 Å². The lowest BCUT2D eigenvalue weighted by atomic mass is 10.2. The summed E-state index contributed by atoms with van der Waals surface area (Å²) in [4.78, 5) is 3.67. The van der Waals surface area contributed by atoms with Crippen LogP contribution in [0, 0.1) is 22.7 Å². The highest BCUT2D eigenvalue weighted by Gasteiger charge is 2.37. The minimum Gasteiger partial charge on any atom is -0.317 e. The van der Waals surface area contributed by atoms with Crippen molar-refractivity contribution < 1.29 is 13.2 Å². The summed E-state index contributed by atoms with van der Waals surface area (Å²) in [5.74, 6) is 0.